The first-order chi connectivity index (χ1) is 13.6. The maximum absolute atomic E-state index is 11.8. The van der Waals surface area contributed by atoms with E-state index in [-0.39, 0.29) is 10.8 Å². The molecule has 0 amide bonds. The highest BCUT2D eigenvalue weighted by molar-refractivity contribution is 8.01. The van der Waals surface area contributed by atoms with E-state index in [0.29, 0.717) is 12.2 Å². The average Bonchev–Trinajstić information content (AvgIpc) is 3.06. The van der Waals surface area contributed by atoms with Gasteiger partial charge in [0.25, 0.3) is 0 Å². The van der Waals surface area contributed by atoms with Crippen LogP contribution in [0.2, 0.25) is 0 Å². The van der Waals surface area contributed by atoms with Gasteiger partial charge in [0.15, 0.2) is 11.9 Å². The number of piperidine rings is 1. The number of para-hydroxylation sites is 1. The Hall–Kier alpha value is -2.28. The summed E-state index contributed by atoms with van der Waals surface area (Å²) in [4.78, 5) is 24.5. The van der Waals surface area contributed by atoms with Crippen molar-refractivity contribution in [3.8, 4) is 0 Å². The van der Waals surface area contributed by atoms with E-state index < -0.39 is 6.10 Å². The van der Waals surface area contributed by atoms with E-state index in [1.807, 2.05) is 31.7 Å². The van der Waals surface area contributed by atoms with Crippen LogP contribution in [0.1, 0.15) is 51.5 Å². The summed E-state index contributed by atoms with van der Waals surface area (Å²) in [7, 11) is 0. The third-order valence-electron chi connectivity index (χ3n) is 5.24. The summed E-state index contributed by atoms with van der Waals surface area (Å²) < 4.78 is 5.44. The number of benzene rings is 1. The Morgan fingerprint density at radius 1 is 1.32 bits per heavy atom. The molecule has 1 saturated heterocycles. The summed E-state index contributed by atoms with van der Waals surface area (Å²) in [5.74, 6) is 1.26. The lowest BCUT2D eigenvalue weighted by molar-refractivity contribution is -0.149. The third-order valence-corrected chi connectivity index (χ3v) is 6.71. The van der Waals surface area contributed by atoms with Gasteiger partial charge in [-0.25, -0.2) is 9.97 Å². The van der Waals surface area contributed by atoms with Gasteiger partial charge in [-0.15, -0.1) is 0 Å². The Morgan fingerprint density at radius 2 is 2.11 bits per heavy atom. The van der Waals surface area contributed by atoms with E-state index in [1.165, 1.54) is 10.6 Å². The maximum atomic E-state index is 11.8. The molecule has 0 radical (unpaired) electrons. The van der Waals surface area contributed by atoms with Crippen molar-refractivity contribution in [2.24, 2.45) is 0 Å². The monoisotopic (exact) mass is 398 g/mol. The SMILES string of the molecule is CCCC(=O)O[C@H](C)c1nccc(N2CCC3(CC2)Nc2ccccc2S3)n1. The lowest BCUT2D eigenvalue weighted by atomic mass is 10.0. The molecular formula is C21H26N4O2S. The molecule has 1 atom stereocenters. The fourth-order valence-corrected chi connectivity index (χ4v) is 5.06. The van der Waals surface area contributed by atoms with Crippen LogP contribution in [-0.4, -0.2) is 33.9 Å². The zero-order chi connectivity index (χ0) is 19.6. The number of aromatic nitrogens is 2. The Labute approximate surface area is 170 Å². The number of hydrogen-bond acceptors (Lipinski definition) is 7. The number of esters is 1. The number of hydrogen-bond donors (Lipinski definition) is 1. The van der Waals surface area contributed by atoms with Crippen molar-refractivity contribution in [3.63, 3.8) is 0 Å². The molecule has 1 fully saturated rings. The fraction of sp³-hybridized carbons (Fsp3) is 0.476. The van der Waals surface area contributed by atoms with Gasteiger partial charge in [0.1, 0.15) is 5.82 Å². The number of thioether (sulfide) groups is 1. The van der Waals surface area contributed by atoms with Gasteiger partial charge < -0.3 is 15.0 Å². The van der Waals surface area contributed by atoms with Crippen LogP contribution in [0.25, 0.3) is 0 Å². The minimum absolute atomic E-state index is 0.0824. The molecule has 0 bridgehead atoms. The van der Waals surface area contributed by atoms with Crippen molar-refractivity contribution in [1.82, 2.24) is 9.97 Å². The van der Waals surface area contributed by atoms with Crippen LogP contribution in [0, 0.1) is 0 Å². The van der Waals surface area contributed by atoms with Crippen LogP contribution in [0.4, 0.5) is 11.5 Å². The van der Waals surface area contributed by atoms with Gasteiger partial charge in [-0.3, -0.25) is 4.79 Å². The van der Waals surface area contributed by atoms with Crippen LogP contribution >= 0.6 is 11.8 Å². The molecule has 0 unspecified atom stereocenters. The van der Waals surface area contributed by atoms with E-state index in [1.54, 1.807) is 6.20 Å². The van der Waals surface area contributed by atoms with Gasteiger partial charge in [-0.1, -0.05) is 30.8 Å². The van der Waals surface area contributed by atoms with Crippen molar-refractivity contribution in [1.29, 1.82) is 0 Å². The normalized spacial score (nSPS) is 18.4. The van der Waals surface area contributed by atoms with Gasteiger partial charge in [-0.05, 0) is 44.4 Å². The average molecular weight is 399 g/mol. The highest BCUT2D eigenvalue weighted by Crippen LogP contribution is 2.50. The fourth-order valence-electron chi connectivity index (χ4n) is 3.71. The lowest BCUT2D eigenvalue weighted by Gasteiger charge is -2.39. The number of anilines is 2. The molecule has 0 aliphatic carbocycles. The zero-order valence-electron chi connectivity index (χ0n) is 16.4. The van der Waals surface area contributed by atoms with Gasteiger partial charge >= 0.3 is 5.97 Å². The number of rotatable bonds is 5. The molecule has 2 aliphatic rings. The Balaban J connectivity index is 1.39. The molecule has 1 N–H and O–H groups in total. The van der Waals surface area contributed by atoms with E-state index in [2.05, 4.69) is 44.5 Å². The summed E-state index contributed by atoms with van der Waals surface area (Å²) >= 11 is 1.95. The van der Waals surface area contributed by atoms with E-state index in [0.717, 1.165) is 38.2 Å². The largest absolute Gasteiger partial charge is 0.454 e. The molecule has 4 rings (SSSR count). The summed E-state index contributed by atoms with van der Waals surface area (Å²) in [6.07, 6.45) is 4.59. The van der Waals surface area contributed by atoms with Crippen LogP contribution in [0.3, 0.4) is 0 Å². The molecule has 6 nitrogen and oxygen atoms in total. The van der Waals surface area contributed by atoms with Crippen molar-refractivity contribution in [2.75, 3.05) is 23.3 Å². The third kappa shape index (κ3) is 3.94. The summed E-state index contributed by atoms with van der Waals surface area (Å²) in [5, 5.41) is 3.73. The Morgan fingerprint density at radius 3 is 2.86 bits per heavy atom. The highest BCUT2D eigenvalue weighted by Gasteiger charge is 2.40. The van der Waals surface area contributed by atoms with Crippen molar-refractivity contribution in [2.45, 2.75) is 55.4 Å². The molecule has 2 aromatic rings. The van der Waals surface area contributed by atoms with Crippen LogP contribution in [-0.2, 0) is 9.53 Å². The molecule has 3 heterocycles. The number of carbonyl (C=O) groups excluding carboxylic acids is 1. The molecular weight excluding hydrogens is 372 g/mol. The molecule has 7 heteroatoms. The Bertz CT molecular complexity index is 825. The second-order valence-corrected chi connectivity index (χ2v) is 8.79. The summed E-state index contributed by atoms with van der Waals surface area (Å²) in [6, 6.07) is 10.5. The van der Waals surface area contributed by atoms with Crippen LogP contribution in [0.15, 0.2) is 41.4 Å². The van der Waals surface area contributed by atoms with Crippen molar-refractivity contribution < 1.29 is 9.53 Å². The second-order valence-electron chi connectivity index (χ2n) is 7.36. The standard InChI is InChI=1S/C21H26N4O2S/c1-3-6-19(26)27-15(2)20-22-12-9-18(23-20)25-13-10-21(11-14-25)24-16-7-4-5-8-17(16)28-21/h4-5,7-9,12,15,24H,3,6,10-11,13-14H2,1-2H3/t15-/m1/s1. The minimum atomic E-state index is -0.434. The first-order valence-corrected chi connectivity index (χ1v) is 10.7. The Kier molecular flexibility index (Phi) is 5.44. The molecule has 1 spiro atoms. The molecule has 1 aromatic heterocycles. The summed E-state index contributed by atoms with van der Waals surface area (Å²) in [6.45, 7) is 5.64. The van der Waals surface area contributed by atoms with Crippen LogP contribution in [0.5, 0.6) is 0 Å². The first-order valence-electron chi connectivity index (χ1n) is 9.92. The second kappa shape index (κ2) is 7.99. The molecule has 28 heavy (non-hydrogen) atoms. The quantitative estimate of drug-likeness (QED) is 0.749. The zero-order valence-corrected chi connectivity index (χ0v) is 17.2. The van der Waals surface area contributed by atoms with E-state index in [4.69, 9.17) is 4.74 Å². The van der Waals surface area contributed by atoms with Crippen LogP contribution < -0.4 is 10.2 Å². The van der Waals surface area contributed by atoms with Crippen molar-refractivity contribution in [3.05, 3.63) is 42.4 Å². The number of nitrogens with zero attached hydrogens (tertiary/aromatic N) is 3. The number of ether oxygens (including phenoxy) is 1. The first kappa shape index (κ1) is 19.1. The lowest BCUT2D eigenvalue weighted by Crippen LogP contribution is -2.45. The molecule has 2 aliphatic heterocycles. The number of fused-ring (bicyclic) bond motifs is 1. The van der Waals surface area contributed by atoms with Gasteiger partial charge in [-0.2, -0.15) is 0 Å². The molecule has 0 saturated carbocycles. The van der Waals surface area contributed by atoms with Gasteiger partial charge in [0.05, 0.1) is 4.87 Å². The topological polar surface area (TPSA) is 67.3 Å². The molecule has 148 valence electrons. The summed E-state index contributed by atoms with van der Waals surface area (Å²) in [5.41, 5.74) is 1.24. The predicted molar refractivity (Wildman–Crippen MR) is 112 cm³/mol. The van der Waals surface area contributed by atoms with Gasteiger partial charge in [0, 0.05) is 36.3 Å². The van der Waals surface area contributed by atoms with Gasteiger partial charge in [0.2, 0.25) is 0 Å². The molecule has 1 aromatic carbocycles. The highest BCUT2D eigenvalue weighted by atomic mass is 32.2. The van der Waals surface area contributed by atoms with E-state index in [9.17, 15) is 4.79 Å². The number of carbonyl (C=O) groups is 1. The van der Waals surface area contributed by atoms with E-state index >= 15 is 0 Å². The smallest absolute Gasteiger partial charge is 0.306 e. The van der Waals surface area contributed by atoms with Crippen molar-refractivity contribution >= 4 is 29.2 Å². The minimum Gasteiger partial charge on any atom is -0.454 e. The maximum Gasteiger partial charge on any atom is 0.306 e. The number of nitrogens with one attached hydrogen (secondary N) is 1. The predicted octanol–water partition coefficient (Wildman–Crippen LogP) is 4.40.